The van der Waals surface area contributed by atoms with E-state index in [0.717, 1.165) is 48.2 Å². The maximum absolute atomic E-state index is 6.16. The van der Waals surface area contributed by atoms with E-state index in [1.165, 1.54) is 5.56 Å². The molecule has 5 nitrogen and oxygen atoms in total. The minimum Gasteiger partial charge on any atom is -0.357 e. The molecule has 1 aromatic heterocycles. The lowest BCUT2D eigenvalue weighted by Gasteiger charge is -2.11. The van der Waals surface area contributed by atoms with Crippen LogP contribution in [-0.2, 0) is 13.0 Å². The zero-order chi connectivity index (χ0) is 16.5. The van der Waals surface area contributed by atoms with E-state index in [1.807, 2.05) is 37.4 Å². The largest absolute Gasteiger partial charge is 0.357 e. The minimum absolute atomic E-state index is 0. The van der Waals surface area contributed by atoms with Crippen molar-refractivity contribution in [1.82, 2.24) is 20.8 Å². The van der Waals surface area contributed by atoms with E-state index in [4.69, 9.17) is 11.6 Å². The number of aromatic nitrogens is 2. The Kier molecular flexibility index (Phi) is 9.78. The van der Waals surface area contributed by atoms with Gasteiger partial charge in [-0.05, 0) is 43.9 Å². The van der Waals surface area contributed by atoms with E-state index in [1.54, 1.807) is 0 Å². The van der Waals surface area contributed by atoms with Gasteiger partial charge in [-0.3, -0.25) is 5.10 Å². The summed E-state index contributed by atoms with van der Waals surface area (Å²) in [4.78, 5) is 4.59. The van der Waals surface area contributed by atoms with Crippen LogP contribution in [0, 0.1) is 6.92 Å². The molecule has 1 heterocycles. The maximum atomic E-state index is 6.16. The predicted molar refractivity (Wildman–Crippen MR) is 111 cm³/mol. The summed E-state index contributed by atoms with van der Waals surface area (Å²) in [6, 6.07) is 7.79. The van der Waals surface area contributed by atoms with E-state index in [2.05, 4.69) is 32.7 Å². The van der Waals surface area contributed by atoms with Crippen molar-refractivity contribution in [2.45, 2.75) is 33.2 Å². The zero-order valence-electron chi connectivity index (χ0n) is 14.1. The second-order valence-corrected chi connectivity index (χ2v) is 5.74. The third-order valence-corrected chi connectivity index (χ3v) is 3.93. The van der Waals surface area contributed by atoms with Gasteiger partial charge in [0.25, 0.3) is 0 Å². The number of guanidine groups is 1. The first kappa shape index (κ1) is 20.8. The molecular weight excluding hydrogens is 437 g/mol. The van der Waals surface area contributed by atoms with Gasteiger partial charge in [-0.1, -0.05) is 29.8 Å². The molecule has 0 amide bonds. The fourth-order valence-electron chi connectivity index (χ4n) is 2.25. The summed E-state index contributed by atoms with van der Waals surface area (Å²) < 4.78 is 0. The second-order valence-electron chi connectivity index (χ2n) is 5.34. The summed E-state index contributed by atoms with van der Waals surface area (Å²) in [6.07, 6.45) is 3.92. The molecule has 0 saturated carbocycles. The molecule has 2 rings (SSSR count). The predicted octanol–water partition coefficient (Wildman–Crippen LogP) is 3.68. The fraction of sp³-hybridized carbons (Fsp3) is 0.412. The molecule has 24 heavy (non-hydrogen) atoms. The van der Waals surface area contributed by atoms with Crippen LogP contribution >= 0.6 is 35.6 Å². The van der Waals surface area contributed by atoms with Crippen molar-refractivity contribution in [3.05, 3.63) is 52.3 Å². The molecule has 1 aromatic carbocycles. The van der Waals surface area contributed by atoms with E-state index in [-0.39, 0.29) is 24.0 Å². The molecule has 0 radical (unpaired) electrons. The minimum atomic E-state index is 0. The molecule has 7 heteroatoms. The van der Waals surface area contributed by atoms with Crippen molar-refractivity contribution < 1.29 is 0 Å². The van der Waals surface area contributed by atoms with Crippen molar-refractivity contribution in [2.75, 3.05) is 13.1 Å². The van der Waals surface area contributed by atoms with Gasteiger partial charge in [0, 0.05) is 23.8 Å². The van der Waals surface area contributed by atoms with E-state index in [0.29, 0.717) is 6.54 Å². The number of nitrogens with zero attached hydrogens (tertiary/aromatic N) is 2. The molecule has 0 saturated heterocycles. The Morgan fingerprint density at radius 3 is 2.71 bits per heavy atom. The van der Waals surface area contributed by atoms with Crippen LogP contribution in [0.1, 0.15) is 30.2 Å². The third kappa shape index (κ3) is 6.68. The Morgan fingerprint density at radius 1 is 1.25 bits per heavy atom. The maximum Gasteiger partial charge on any atom is 0.191 e. The van der Waals surface area contributed by atoms with Gasteiger partial charge in [0.15, 0.2) is 5.96 Å². The Bertz CT molecular complexity index is 641. The third-order valence-electron chi connectivity index (χ3n) is 3.56. The Morgan fingerprint density at radius 2 is 2.04 bits per heavy atom. The van der Waals surface area contributed by atoms with E-state index < -0.39 is 0 Å². The summed E-state index contributed by atoms with van der Waals surface area (Å²) in [7, 11) is 0. The summed E-state index contributed by atoms with van der Waals surface area (Å²) in [5, 5.41) is 14.4. The lowest BCUT2D eigenvalue weighted by Crippen LogP contribution is -2.37. The molecule has 0 aliphatic rings. The molecule has 0 spiro atoms. The molecule has 3 N–H and O–H groups in total. The standard InChI is InChI=1S/C17H24ClN5.HI/c1-3-19-17(21-11-15-7-4-5-9-16(15)18)20-10-6-8-14-12-22-23-13(14)2;/h4-5,7,9,12H,3,6,8,10-11H2,1-2H3,(H,22,23)(H2,19,20,21);1H. The molecule has 0 fully saturated rings. The van der Waals surface area contributed by atoms with Crippen molar-refractivity contribution in [1.29, 1.82) is 0 Å². The van der Waals surface area contributed by atoms with Gasteiger partial charge in [0.1, 0.15) is 0 Å². The van der Waals surface area contributed by atoms with Crippen LogP contribution in [0.25, 0.3) is 0 Å². The molecule has 2 aromatic rings. The van der Waals surface area contributed by atoms with Gasteiger partial charge >= 0.3 is 0 Å². The number of H-pyrrole nitrogens is 1. The van der Waals surface area contributed by atoms with Crippen LogP contribution in [0.5, 0.6) is 0 Å². The number of rotatable bonds is 7. The SMILES string of the molecule is CCNC(=NCc1ccccc1Cl)NCCCc1cn[nH]c1C.I. The van der Waals surface area contributed by atoms with Crippen LogP contribution < -0.4 is 10.6 Å². The molecule has 0 aliphatic carbocycles. The van der Waals surface area contributed by atoms with Gasteiger partial charge < -0.3 is 10.6 Å². The Balaban J connectivity index is 0.00000288. The van der Waals surface area contributed by atoms with Crippen LogP contribution in [0.3, 0.4) is 0 Å². The first-order valence-electron chi connectivity index (χ1n) is 7.95. The number of benzene rings is 1. The summed E-state index contributed by atoms with van der Waals surface area (Å²) >= 11 is 6.16. The molecule has 0 unspecified atom stereocenters. The highest BCUT2D eigenvalue weighted by Crippen LogP contribution is 2.15. The first-order valence-corrected chi connectivity index (χ1v) is 8.33. The topological polar surface area (TPSA) is 65.1 Å². The van der Waals surface area contributed by atoms with Crippen molar-refractivity contribution in [2.24, 2.45) is 4.99 Å². The second kappa shape index (κ2) is 11.3. The smallest absolute Gasteiger partial charge is 0.191 e. The zero-order valence-corrected chi connectivity index (χ0v) is 17.2. The quantitative estimate of drug-likeness (QED) is 0.255. The van der Waals surface area contributed by atoms with Gasteiger partial charge in [0.05, 0.1) is 12.7 Å². The fourth-order valence-corrected chi connectivity index (χ4v) is 2.44. The Hall–Kier alpha value is -1.28. The average Bonchev–Trinajstić information content (AvgIpc) is 2.95. The number of aromatic amines is 1. The average molecular weight is 462 g/mol. The van der Waals surface area contributed by atoms with Crippen LogP contribution in [0.2, 0.25) is 5.02 Å². The molecule has 0 bridgehead atoms. The summed E-state index contributed by atoms with van der Waals surface area (Å²) in [5.41, 5.74) is 3.44. The highest BCUT2D eigenvalue weighted by atomic mass is 127. The molecular formula is C17H25ClIN5. The van der Waals surface area contributed by atoms with Crippen molar-refractivity contribution >= 4 is 41.5 Å². The highest BCUT2D eigenvalue weighted by molar-refractivity contribution is 14.0. The number of nitrogens with one attached hydrogen (secondary N) is 3. The van der Waals surface area contributed by atoms with E-state index in [9.17, 15) is 0 Å². The van der Waals surface area contributed by atoms with Crippen LogP contribution in [0.15, 0.2) is 35.5 Å². The van der Waals surface area contributed by atoms with Crippen LogP contribution in [0.4, 0.5) is 0 Å². The van der Waals surface area contributed by atoms with Gasteiger partial charge in [-0.25, -0.2) is 4.99 Å². The number of aryl methyl sites for hydroxylation is 2. The monoisotopic (exact) mass is 461 g/mol. The number of aliphatic imine (C=N–C) groups is 1. The first-order chi connectivity index (χ1) is 11.2. The van der Waals surface area contributed by atoms with Crippen molar-refractivity contribution in [3.63, 3.8) is 0 Å². The summed E-state index contributed by atoms with van der Waals surface area (Å²) in [5.74, 6) is 0.816. The summed E-state index contributed by atoms with van der Waals surface area (Å²) in [6.45, 7) is 6.36. The van der Waals surface area contributed by atoms with Crippen LogP contribution in [-0.4, -0.2) is 29.2 Å². The Labute approximate surface area is 165 Å². The lowest BCUT2D eigenvalue weighted by molar-refractivity contribution is 0.742. The van der Waals surface area contributed by atoms with Gasteiger partial charge in [-0.15, -0.1) is 24.0 Å². The molecule has 0 atom stereocenters. The number of hydrogen-bond donors (Lipinski definition) is 3. The van der Waals surface area contributed by atoms with Gasteiger partial charge in [-0.2, -0.15) is 5.10 Å². The molecule has 0 aliphatic heterocycles. The highest BCUT2D eigenvalue weighted by Gasteiger charge is 2.02. The number of halogens is 2. The van der Waals surface area contributed by atoms with Gasteiger partial charge in [0.2, 0.25) is 0 Å². The molecule has 132 valence electrons. The van der Waals surface area contributed by atoms with E-state index >= 15 is 0 Å². The lowest BCUT2D eigenvalue weighted by atomic mass is 10.1. The number of hydrogen-bond acceptors (Lipinski definition) is 2. The van der Waals surface area contributed by atoms with Crippen molar-refractivity contribution in [3.8, 4) is 0 Å². The normalized spacial score (nSPS) is 11.0.